The highest BCUT2D eigenvalue weighted by Gasteiger charge is 2.24. The standard InChI is InChI=1S/C14H14N4/c15-18-14(12-9-5-2-6-10-12)16-13(17-18)11-7-3-1-4-8-11/h1-10,13,17H,15H2. The Labute approximate surface area is 106 Å². The lowest BCUT2D eigenvalue weighted by atomic mass is 10.2. The molecule has 3 N–H and O–H groups in total. The molecule has 0 aliphatic carbocycles. The van der Waals surface area contributed by atoms with E-state index in [0.717, 1.165) is 17.0 Å². The molecule has 1 atom stereocenters. The molecule has 1 unspecified atom stereocenters. The predicted molar refractivity (Wildman–Crippen MR) is 71.3 cm³/mol. The maximum Gasteiger partial charge on any atom is 0.163 e. The van der Waals surface area contributed by atoms with Gasteiger partial charge in [-0.1, -0.05) is 60.7 Å². The van der Waals surface area contributed by atoms with Crippen LogP contribution in [0.3, 0.4) is 0 Å². The monoisotopic (exact) mass is 238 g/mol. The van der Waals surface area contributed by atoms with Crippen molar-refractivity contribution in [3.05, 3.63) is 71.8 Å². The van der Waals surface area contributed by atoms with Crippen LogP contribution in [-0.2, 0) is 0 Å². The van der Waals surface area contributed by atoms with E-state index in [1.807, 2.05) is 60.7 Å². The maximum atomic E-state index is 5.93. The van der Waals surface area contributed by atoms with Crippen LogP contribution in [0.15, 0.2) is 65.7 Å². The van der Waals surface area contributed by atoms with Crippen molar-refractivity contribution in [3.8, 4) is 0 Å². The Hall–Kier alpha value is -2.17. The summed E-state index contributed by atoms with van der Waals surface area (Å²) < 4.78 is 0. The zero-order valence-corrected chi connectivity index (χ0v) is 9.82. The van der Waals surface area contributed by atoms with Gasteiger partial charge in [0.15, 0.2) is 5.84 Å². The summed E-state index contributed by atoms with van der Waals surface area (Å²) in [5, 5.41) is 1.48. The third kappa shape index (κ3) is 1.99. The number of benzene rings is 2. The second-order valence-electron chi connectivity index (χ2n) is 4.13. The SMILES string of the molecule is NN1NC(c2ccccc2)N=C1c1ccccc1. The summed E-state index contributed by atoms with van der Waals surface area (Å²) in [6, 6.07) is 19.9. The minimum atomic E-state index is -0.119. The molecule has 3 rings (SSSR count). The van der Waals surface area contributed by atoms with Crippen LogP contribution in [0.25, 0.3) is 0 Å². The fraction of sp³-hybridized carbons (Fsp3) is 0.0714. The van der Waals surface area contributed by atoms with Gasteiger partial charge in [0.2, 0.25) is 0 Å². The van der Waals surface area contributed by atoms with Gasteiger partial charge >= 0.3 is 0 Å². The van der Waals surface area contributed by atoms with E-state index in [2.05, 4.69) is 10.4 Å². The van der Waals surface area contributed by atoms with E-state index in [4.69, 9.17) is 5.84 Å². The van der Waals surface area contributed by atoms with E-state index in [-0.39, 0.29) is 6.17 Å². The number of nitrogens with zero attached hydrogens (tertiary/aromatic N) is 2. The van der Waals surface area contributed by atoms with Crippen molar-refractivity contribution in [2.45, 2.75) is 6.17 Å². The predicted octanol–water partition coefficient (Wildman–Crippen LogP) is 1.83. The van der Waals surface area contributed by atoms with Crippen LogP contribution in [0.1, 0.15) is 17.3 Å². The van der Waals surface area contributed by atoms with Gasteiger partial charge in [-0.3, -0.25) is 0 Å². The number of hydrogen-bond donors (Lipinski definition) is 2. The molecule has 0 amide bonds. The molecule has 4 heteroatoms. The fourth-order valence-electron chi connectivity index (χ4n) is 1.99. The second kappa shape index (κ2) is 4.60. The molecule has 0 radical (unpaired) electrons. The molecule has 4 nitrogen and oxygen atoms in total. The van der Waals surface area contributed by atoms with Crippen molar-refractivity contribution in [3.63, 3.8) is 0 Å². The van der Waals surface area contributed by atoms with Gasteiger partial charge in [-0.05, 0) is 5.56 Å². The number of hydrogen-bond acceptors (Lipinski definition) is 4. The number of nitrogens with two attached hydrogens (primary N) is 1. The van der Waals surface area contributed by atoms with Gasteiger partial charge in [-0.25, -0.2) is 16.0 Å². The normalized spacial score (nSPS) is 18.8. The van der Waals surface area contributed by atoms with E-state index in [1.165, 1.54) is 5.12 Å². The second-order valence-corrected chi connectivity index (χ2v) is 4.13. The summed E-state index contributed by atoms with van der Waals surface area (Å²) in [6.45, 7) is 0. The molecule has 0 saturated heterocycles. The van der Waals surface area contributed by atoms with E-state index >= 15 is 0 Å². The molecule has 18 heavy (non-hydrogen) atoms. The Bertz CT molecular complexity index is 551. The third-order valence-electron chi connectivity index (χ3n) is 2.89. The number of nitrogens with one attached hydrogen (secondary N) is 1. The van der Waals surface area contributed by atoms with Crippen molar-refractivity contribution < 1.29 is 0 Å². The van der Waals surface area contributed by atoms with Gasteiger partial charge in [0, 0.05) is 5.56 Å². The lowest BCUT2D eigenvalue weighted by molar-refractivity contribution is 0.310. The first-order valence-corrected chi connectivity index (χ1v) is 5.84. The van der Waals surface area contributed by atoms with Crippen LogP contribution in [-0.4, -0.2) is 11.0 Å². The fourth-order valence-corrected chi connectivity index (χ4v) is 1.99. The summed E-state index contributed by atoms with van der Waals surface area (Å²) in [4.78, 5) is 4.62. The molecule has 1 heterocycles. The zero-order valence-electron chi connectivity index (χ0n) is 9.82. The minimum absolute atomic E-state index is 0.119. The first kappa shape index (κ1) is 11.0. The largest absolute Gasteiger partial charge is 0.240 e. The maximum absolute atomic E-state index is 5.93. The average Bonchev–Trinajstić information content (AvgIpc) is 2.83. The van der Waals surface area contributed by atoms with Crippen LogP contribution in [0, 0.1) is 0 Å². The number of amidine groups is 1. The Morgan fingerprint density at radius 3 is 2.22 bits per heavy atom. The highest BCUT2D eigenvalue weighted by Crippen LogP contribution is 2.20. The van der Waals surface area contributed by atoms with Crippen molar-refractivity contribution in [2.75, 3.05) is 0 Å². The number of aliphatic imine (C=N–C) groups is 1. The van der Waals surface area contributed by atoms with Crippen LogP contribution < -0.4 is 11.3 Å². The van der Waals surface area contributed by atoms with Crippen LogP contribution >= 0.6 is 0 Å². The van der Waals surface area contributed by atoms with Gasteiger partial charge in [-0.15, -0.1) is 0 Å². The Morgan fingerprint density at radius 2 is 1.56 bits per heavy atom. The molecule has 0 fully saturated rings. The van der Waals surface area contributed by atoms with Crippen molar-refractivity contribution >= 4 is 5.84 Å². The highest BCUT2D eigenvalue weighted by atomic mass is 15.7. The quantitative estimate of drug-likeness (QED) is 0.785. The van der Waals surface area contributed by atoms with E-state index in [9.17, 15) is 0 Å². The molecular formula is C14H14N4. The van der Waals surface area contributed by atoms with E-state index in [0.29, 0.717) is 0 Å². The molecule has 0 saturated carbocycles. The van der Waals surface area contributed by atoms with E-state index in [1.54, 1.807) is 0 Å². The summed E-state index contributed by atoms with van der Waals surface area (Å²) >= 11 is 0. The van der Waals surface area contributed by atoms with Gasteiger partial charge in [0.05, 0.1) is 0 Å². The Morgan fingerprint density at radius 1 is 0.944 bits per heavy atom. The third-order valence-corrected chi connectivity index (χ3v) is 2.89. The molecular weight excluding hydrogens is 224 g/mol. The number of hydrazine groups is 2. The molecule has 2 aromatic rings. The zero-order chi connectivity index (χ0) is 12.4. The van der Waals surface area contributed by atoms with E-state index < -0.39 is 0 Å². The van der Waals surface area contributed by atoms with Crippen LogP contribution in [0.2, 0.25) is 0 Å². The summed E-state index contributed by atoms with van der Waals surface area (Å²) in [5.41, 5.74) is 5.23. The van der Waals surface area contributed by atoms with Crippen molar-refractivity contribution in [2.24, 2.45) is 10.8 Å². The first-order valence-electron chi connectivity index (χ1n) is 5.84. The van der Waals surface area contributed by atoms with Crippen LogP contribution in [0.5, 0.6) is 0 Å². The van der Waals surface area contributed by atoms with Gasteiger partial charge in [-0.2, -0.15) is 5.43 Å². The highest BCUT2D eigenvalue weighted by molar-refractivity contribution is 5.99. The molecule has 90 valence electrons. The lowest BCUT2D eigenvalue weighted by Crippen LogP contribution is -2.44. The molecule has 2 aromatic carbocycles. The molecule has 1 aliphatic rings. The van der Waals surface area contributed by atoms with Crippen molar-refractivity contribution in [1.82, 2.24) is 10.5 Å². The molecule has 1 aliphatic heterocycles. The smallest absolute Gasteiger partial charge is 0.163 e. The molecule has 0 bridgehead atoms. The van der Waals surface area contributed by atoms with Crippen LogP contribution in [0.4, 0.5) is 0 Å². The number of rotatable bonds is 2. The average molecular weight is 238 g/mol. The van der Waals surface area contributed by atoms with Gasteiger partial charge < -0.3 is 0 Å². The molecule has 0 spiro atoms. The minimum Gasteiger partial charge on any atom is -0.240 e. The summed E-state index contributed by atoms with van der Waals surface area (Å²) in [6.07, 6.45) is -0.119. The van der Waals surface area contributed by atoms with Gasteiger partial charge in [0.1, 0.15) is 6.17 Å². The first-order chi connectivity index (χ1) is 8.84. The topological polar surface area (TPSA) is 53.6 Å². The lowest BCUT2D eigenvalue weighted by Gasteiger charge is -2.15. The summed E-state index contributed by atoms with van der Waals surface area (Å²) in [7, 11) is 0. The Balaban J connectivity index is 1.93. The summed E-state index contributed by atoms with van der Waals surface area (Å²) in [5.74, 6) is 6.68. The van der Waals surface area contributed by atoms with Crippen molar-refractivity contribution in [1.29, 1.82) is 0 Å². The van der Waals surface area contributed by atoms with Gasteiger partial charge in [0.25, 0.3) is 0 Å². The molecule has 0 aromatic heterocycles. The Kier molecular flexibility index (Phi) is 2.80.